The predicted molar refractivity (Wildman–Crippen MR) is 247 cm³/mol. The molecule has 0 fully saturated rings. The molecule has 10 aromatic carbocycles. The fourth-order valence-electron chi connectivity index (χ4n) is 8.84. The summed E-state index contributed by atoms with van der Waals surface area (Å²) in [6.07, 6.45) is 0. The van der Waals surface area contributed by atoms with Crippen molar-refractivity contribution in [3.63, 3.8) is 0 Å². The van der Waals surface area contributed by atoms with Crippen LogP contribution in [0.4, 0.5) is 17.1 Å². The Balaban J connectivity index is 1.08. The molecular formula is C56H38N2. The van der Waals surface area contributed by atoms with Crippen molar-refractivity contribution in [2.75, 3.05) is 4.90 Å². The Kier molecular flexibility index (Phi) is 8.19. The lowest BCUT2D eigenvalue weighted by atomic mass is 9.94. The molecule has 0 saturated carbocycles. The average Bonchev–Trinajstić information content (AvgIpc) is 3.64. The Labute approximate surface area is 338 Å². The molecule has 272 valence electrons. The number of hydrogen-bond donors (Lipinski definition) is 0. The molecule has 0 radical (unpaired) electrons. The summed E-state index contributed by atoms with van der Waals surface area (Å²) in [5, 5.41) is 7.53. The molecule has 0 saturated heterocycles. The lowest BCUT2D eigenvalue weighted by Crippen LogP contribution is -2.13. The van der Waals surface area contributed by atoms with Crippen LogP contribution in [-0.2, 0) is 0 Å². The molecule has 0 aliphatic carbocycles. The molecular weight excluding hydrogens is 701 g/mol. The molecule has 0 N–H and O–H groups in total. The standard InChI is InChI=1S/C56H38N2/c1-2-14-39(15-3-1)40-28-30-41(31-29-40)42-32-35-45(36-33-42)57(55-26-10-11-27-56(55)58-53-24-8-6-20-51(53)52-21-7-9-25-54(52)58)46-18-12-17-44(38-46)48-22-13-23-49-47-19-5-4-16-43(47)34-37-50(48)49/h1-38H. The molecule has 0 spiro atoms. The highest BCUT2D eigenvalue weighted by Crippen LogP contribution is 2.44. The predicted octanol–water partition coefficient (Wildman–Crippen LogP) is 15.6. The van der Waals surface area contributed by atoms with E-state index >= 15 is 0 Å². The van der Waals surface area contributed by atoms with E-state index in [0.717, 1.165) is 22.7 Å². The monoisotopic (exact) mass is 738 g/mol. The summed E-state index contributed by atoms with van der Waals surface area (Å²) in [5.74, 6) is 0. The third-order valence-electron chi connectivity index (χ3n) is 11.6. The Hall–Kier alpha value is -7.68. The first-order chi connectivity index (χ1) is 28.8. The molecule has 1 aromatic heterocycles. The SMILES string of the molecule is c1ccc(-c2ccc(-c3ccc(N(c4cccc(-c5cccc6c5ccc5ccccc56)c4)c4ccccc4-n4c5ccccc5c5ccccc54)cc3)cc2)cc1. The molecule has 0 bridgehead atoms. The van der Waals surface area contributed by atoms with Crippen molar-refractivity contribution in [1.82, 2.24) is 4.57 Å². The van der Waals surface area contributed by atoms with Gasteiger partial charge in [0.25, 0.3) is 0 Å². The van der Waals surface area contributed by atoms with E-state index in [4.69, 9.17) is 0 Å². The van der Waals surface area contributed by atoms with Gasteiger partial charge in [-0.15, -0.1) is 0 Å². The zero-order valence-electron chi connectivity index (χ0n) is 31.8. The lowest BCUT2D eigenvalue weighted by molar-refractivity contribution is 1.15. The molecule has 11 aromatic rings. The maximum Gasteiger partial charge on any atom is 0.0702 e. The molecule has 0 unspecified atom stereocenters. The average molecular weight is 739 g/mol. The second-order valence-electron chi connectivity index (χ2n) is 14.9. The lowest BCUT2D eigenvalue weighted by Gasteiger charge is -2.29. The highest BCUT2D eigenvalue weighted by Gasteiger charge is 2.21. The Morgan fingerprint density at radius 3 is 1.55 bits per heavy atom. The van der Waals surface area contributed by atoms with Gasteiger partial charge in [0.05, 0.1) is 22.4 Å². The van der Waals surface area contributed by atoms with Crippen LogP contribution in [0, 0.1) is 0 Å². The van der Waals surface area contributed by atoms with Crippen LogP contribution < -0.4 is 4.90 Å². The van der Waals surface area contributed by atoms with E-state index in [9.17, 15) is 0 Å². The summed E-state index contributed by atoms with van der Waals surface area (Å²) in [4.78, 5) is 2.42. The maximum atomic E-state index is 2.43. The summed E-state index contributed by atoms with van der Waals surface area (Å²) in [6, 6.07) is 83.7. The topological polar surface area (TPSA) is 8.17 Å². The largest absolute Gasteiger partial charge is 0.308 e. The number of nitrogens with zero attached hydrogens (tertiary/aromatic N) is 2. The van der Waals surface area contributed by atoms with Crippen molar-refractivity contribution in [3.05, 3.63) is 231 Å². The Morgan fingerprint density at radius 1 is 0.293 bits per heavy atom. The van der Waals surface area contributed by atoms with Crippen LogP contribution in [0.1, 0.15) is 0 Å². The zero-order valence-corrected chi connectivity index (χ0v) is 31.8. The van der Waals surface area contributed by atoms with E-state index in [1.54, 1.807) is 0 Å². The number of anilines is 3. The van der Waals surface area contributed by atoms with Gasteiger partial charge in [0.1, 0.15) is 0 Å². The van der Waals surface area contributed by atoms with Crippen molar-refractivity contribution in [2.45, 2.75) is 0 Å². The van der Waals surface area contributed by atoms with Crippen LogP contribution in [0.5, 0.6) is 0 Å². The Morgan fingerprint density at radius 2 is 0.828 bits per heavy atom. The van der Waals surface area contributed by atoms with Gasteiger partial charge in [-0.25, -0.2) is 0 Å². The number of para-hydroxylation sites is 4. The van der Waals surface area contributed by atoms with E-state index in [-0.39, 0.29) is 0 Å². The van der Waals surface area contributed by atoms with E-state index < -0.39 is 0 Å². The van der Waals surface area contributed by atoms with E-state index in [1.807, 2.05) is 0 Å². The quantitative estimate of drug-likeness (QED) is 0.148. The molecule has 2 nitrogen and oxygen atoms in total. The first-order valence-corrected chi connectivity index (χ1v) is 19.9. The van der Waals surface area contributed by atoms with Gasteiger partial charge in [-0.05, 0) is 103 Å². The highest BCUT2D eigenvalue weighted by molar-refractivity contribution is 6.12. The first-order valence-electron chi connectivity index (χ1n) is 19.9. The summed E-state index contributed by atoms with van der Waals surface area (Å²) in [7, 11) is 0. The molecule has 1 heterocycles. The summed E-state index contributed by atoms with van der Waals surface area (Å²) < 4.78 is 2.43. The first kappa shape index (κ1) is 33.6. The molecule has 11 rings (SSSR count). The fourth-order valence-corrected chi connectivity index (χ4v) is 8.84. The summed E-state index contributed by atoms with van der Waals surface area (Å²) in [5.41, 5.74) is 13.9. The van der Waals surface area contributed by atoms with E-state index in [2.05, 4.69) is 240 Å². The van der Waals surface area contributed by atoms with Crippen LogP contribution in [0.15, 0.2) is 231 Å². The van der Waals surface area contributed by atoms with Crippen LogP contribution >= 0.6 is 0 Å². The van der Waals surface area contributed by atoms with Gasteiger partial charge in [0.2, 0.25) is 0 Å². The van der Waals surface area contributed by atoms with E-state index in [1.165, 1.54) is 76.7 Å². The van der Waals surface area contributed by atoms with Crippen molar-refractivity contribution in [2.24, 2.45) is 0 Å². The third kappa shape index (κ3) is 5.74. The maximum absolute atomic E-state index is 2.43. The zero-order chi connectivity index (χ0) is 38.4. The third-order valence-corrected chi connectivity index (χ3v) is 11.6. The molecule has 0 amide bonds. The molecule has 0 aliphatic heterocycles. The van der Waals surface area contributed by atoms with Crippen LogP contribution in [0.25, 0.3) is 82.4 Å². The number of benzene rings is 10. The summed E-state index contributed by atoms with van der Waals surface area (Å²) >= 11 is 0. The number of aromatic nitrogens is 1. The minimum absolute atomic E-state index is 1.08. The minimum Gasteiger partial charge on any atom is -0.308 e. The normalized spacial score (nSPS) is 11.4. The van der Waals surface area contributed by atoms with Crippen molar-refractivity contribution in [1.29, 1.82) is 0 Å². The van der Waals surface area contributed by atoms with Gasteiger partial charge in [-0.1, -0.05) is 182 Å². The molecule has 58 heavy (non-hydrogen) atoms. The van der Waals surface area contributed by atoms with Crippen LogP contribution in [0.3, 0.4) is 0 Å². The molecule has 0 atom stereocenters. The number of fused-ring (bicyclic) bond motifs is 6. The second kappa shape index (κ2) is 14.1. The van der Waals surface area contributed by atoms with Crippen LogP contribution in [0.2, 0.25) is 0 Å². The van der Waals surface area contributed by atoms with Crippen molar-refractivity contribution in [3.8, 4) is 39.1 Å². The summed E-state index contributed by atoms with van der Waals surface area (Å²) in [6.45, 7) is 0. The second-order valence-corrected chi connectivity index (χ2v) is 14.9. The minimum atomic E-state index is 1.08. The van der Waals surface area contributed by atoms with Gasteiger partial charge in [-0.3, -0.25) is 0 Å². The van der Waals surface area contributed by atoms with Gasteiger partial charge in [0, 0.05) is 22.1 Å². The smallest absolute Gasteiger partial charge is 0.0702 e. The highest BCUT2D eigenvalue weighted by atomic mass is 15.2. The van der Waals surface area contributed by atoms with E-state index in [0.29, 0.717) is 0 Å². The van der Waals surface area contributed by atoms with Crippen molar-refractivity contribution >= 4 is 60.4 Å². The van der Waals surface area contributed by atoms with Gasteiger partial charge >= 0.3 is 0 Å². The van der Waals surface area contributed by atoms with Crippen molar-refractivity contribution < 1.29 is 0 Å². The van der Waals surface area contributed by atoms with Gasteiger partial charge < -0.3 is 9.47 Å². The van der Waals surface area contributed by atoms with Crippen LogP contribution in [-0.4, -0.2) is 4.57 Å². The van der Waals surface area contributed by atoms with Gasteiger partial charge in [-0.2, -0.15) is 0 Å². The number of hydrogen-bond acceptors (Lipinski definition) is 1. The number of rotatable bonds is 7. The Bertz CT molecular complexity index is 3210. The van der Waals surface area contributed by atoms with Gasteiger partial charge in [0.15, 0.2) is 0 Å². The molecule has 0 aliphatic rings. The molecule has 2 heteroatoms. The fraction of sp³-hybridized carbons (Fsp3) is 0.